The van der Waals surface area contributed by atoms with Crippen LogP contribution < -0.4 is 4.74 Å². The van der Waals surface area contributed by atoms with E-state index in [4.69, 9.17) is 9.84 Å². The Morgan fingerprint density at radius 1 is 1.38 bits per heavy atom. The molecular formula is C11H12O5. The molecule has 0 radical (unpaired) electrons. The van der Waals surface area contributed by atoms with Crippen molar-refractivity contribution in [3.63, 3.8) is 0 Å². The maximum Gasteiger partial charge on any atom is 0.314 e. The number of carboxylic acid groups (broad SMARTS) is 1. The summed E-state index contributed by atoms with van der Waals surface area (Å²) in [6.45, 7) is 0. The number of phenolic OH excluding ortho intramolecular Hbond substituents is 2. The van der Waals surface area contributed by atoms with Gasteiger partial charge in [0.1, 0.15) is 0 Å². The molecule has 0 bridgehead atoms. The second-order valence-electron chi connectivity index (χ2n) is 3.93. The molecule has 16 heavy (non-hydrogen) atoms. The van der Waals surface area contributed by atoms with Gasteiger partial charge in [-0.15, -0.1) is 0 Å². The van der Waals surface area contributed by atoms with E-state index < -0.39 is 11.4 Å². The van der Waals surface area contributed by atoms with Crippen LogP contribution in [0, 0.1) is 0 Å². The predicted octanol–water partition coefficient (Wildman–Crippen LogP) is 1.22. The van der Waals surface area contributed by atoms with Crippen LogP contribution >= 0.6 is 0 Å². The number of hydrogen-bond donors (Lipinski definition) is 3. The van der Waals surface area contributed by atoms with E-state index in [9.17, 15) is 15.0 Å². The van der Waals surface area contributed by atoms with Gasteiger partial charge in [-0.25, -0.2) is 0 Å². The zero-order valence-corrected chi connectivity index (χ0v) is 8.73. The molecule has 0 atom stereocenters. The second-order valence-corrected chi connectivity index (χ2v) is 3.93. The summed E-state index contributed by atoms with van der Waals surface area (Å²) in [4.78, 5) is 11.1. The molecule has 0 heterocycles. The van der Waals surface area contributed by atoms with Crippen LogP contribution in [0.3, 0.4) is 0 Å². The van der Waals surface area contributed by atoms with Gasteiger partial charge < -0.3 is 20.1 Å². The molecule has 0 aromatic heterocycles. The Morgan fingerprint density at radius 3 is 2.44 bits per heavy atom. The van der Waals surface area contributed by atoms with Crippen molar-refractivity contribution in [2.75, 3.05) is 7.11 Å². The molecule has 3 N–H and O–H groups in total. The van der Waals surface area contributed by atoms with Crippen molar-refractivity contribution in [2.24, 2.45) is 0 Å². The Morgan fingerprint density at radius 2 is 2.00 bits per heavy atom. The number of benzene rings is 1. The van der Waals surface area contributed by atoms with Crippen molar-refractivity contribution >= 4 is 5.97 Å². The topological polar surface area (TPSA) is 87.0 Å². The second kappa shape index (κ2) is 3.30. The minimum Gasteiger partial charge on any atom is -0.504 e. The quantitative estimate of drug-likeness (QED) is 0.672. The minimum atomic E-state index is -0.918. The van der Waals surface area contributed by atoms with E-state index in [1.165, 1.54) is 19.2 Å². The monoisotopic (exact) mass is 224 g/mol. The van der Waals surface area contributed by atoms with E-state index >= 15 is 0 Å². The van der Waals surface area contributed by atoms with Gasteiger partial charge in [0.15, 0.2) is 11.5 Å². The molecule has 0 spiro atoms. The first-order chi connectivity index (χ1) is 7.51. The van der Waals surface area contributed by atoms with Gasteiger partial charge in [-0.1, -0.05) is 0 Å². The average Bonchev–Trinajstić information content (AvgIpc) is 3.02. The first kappa shape index (κ1) is 10.6. The number of carboxylic acids is 1. The van der Waals surface area contributed by atoms with Crippen LogP contribution in [0.1, 0.15) is 18.4 Å². The summed E-state index contributed by atoms with van der Waals surface area (Å²) in [5.41, 5.74) is -0.453. The highest BCUT2D eigenvalue weighted by Gasteiger charge is 2.52. The number of methoxy groups -OCH3 is 1. The van der Waals surface area contributed by atoms with E-state index in [2.05, 4.69) is 0 Å². The molecule has 86 valence electrons. The fourth-order valence-electron chi connectivity index (χ4n) is 1.78. The molecule has 1 fully saturated rings. The van der Waals surface area contributed by atoms with Crippen molar-refractivity contribution in [1.82, 2.24) is 0 Å². The van der Waals surface area contributed by atoms with Gasteiger partial charge in [-0.05, 0) is 30.5 Å². The van der Waals surface area contributed by atoms with Crippen molar-refractivity contribution in [3.05, 3.63) is 17.7 Å². The van der Waals surface area contributed by atoms with Gasteiger partial charge >= 0.3 is 5.97 Å². The Labute approximate surface area is 91.9 Å². The molecule has 1 aliphatic rings. The average molecular weight is 224 g/mol. The Bertz CT molecular complexity index is 448. The normalized spacial score (nSPS) is 16.8. The smallest absolute Gasteiger partial charge is 0.314 e. The highest BCUT2D eigenvalue weighted by Crippen LogP contribution is 2.51. The number of ether oxygens (including phenoxy) is 1. The standard InChI is InChI=1S/C11H12O5/c1-16-8-5-6(4-7(12)9(8)13)11(2-3-11)10(14)15/h4-5,12-13H,2-3H2,1H3,(H,14,15). The van der Waals surface area contributed by atoms with Gasteiger partial charge in [0.05, 0.1) is 12.5 Å². The van der Waals surface area contributed by atoms with Gasteiger partial charge in [-0.2, -0.15) is 0 Å². The van der Waals surface area contributed by atoms with Crippen molar-refractivity contribution in [1.29, 1.82) is 0 Å². The molecule has 0 amide bonds. The van der Waals surface area contributed by atoms with Crippen LogP contribution in [0.5, 0.6) is 17.2 Å². The molecule has 1 aromatic carbocycles. The first-order valence-electron chi connectivity index (χ1n) is 4.85. The van der Waals surface area contributed by atoms with Crippen LogP contribution in [0.4, 0.5) is 0 Å². The van der Waals surface area contributed by atoms with E-state index in [1.807, 2.05) is 0 Å². The van der Waals surface area contributed by atoms with E-state index in [-0.39, 0.29) is 17.2 Å². The van der Waals surface area contributed by atoms with Crippen LogP contribution in [0.15, 0.2) is 12.1 Å². The Balaban J connectivity index is 2.51. The van der Waals surface area contributed by atoms with Crippen LogP contribution in [-0.4, -0.2) is 28.4 Å². The molecule has 1 aromatic rings. The summed E-state index contributed by atoms with van der Waals surface area (Å²) >= 11 is 0. The number of aromatic hydroxyl groups is 2. The number of aliphatic carboxylic acids is 1. The van der Waals surface area contributed by atoms with Crippen LogP contribution in [-0.2, 0) is 10.2 Å². The summed E-state index contributed by atoms with van der Waals surface area (Å²) < 4.78 is 4.87. The molecule has 0 aliphatic heterocycles. The summed E-state index contributed by atoms with van der Waals surface area (Å²) in [6.07, 6.45) is 1.07. The number of hydrogen-bond acceptors (Lipinski definition) is 4. The third-order valence-corrected chi connectivity index (χ3v) is 2.99. The third kappa shape index (κ3) is 1.36. The molecule has 5 heteroatoms. The lowest BCUT2D eigenvalue weighted by molar-refractivity contribution is -0.140. The minimum absolute atomic E-state index is 0.0857. The van der Waals surface area contributed by atoms with Gasteiger partial charge in [0.2, 0.25) is 5.75 Å². The molecule has 1 saturated carbocycles. The third-order valence-electron chi connectivity index (χ3n) is 2.99. The fourth-order valence-corrected chi connectivity index (χ4v) is 1.78. The predicted molar refractivity (Wildman–Crippen MR) is 54.9 cm³/mol. The number of phenols is 2. The zero-order chi connectivity index (χ0) is 11.9. The number of carbonyl (C=O) groups is 1. The maximum absolute atomic E-state index is 11.1. The SMILES string of the molecule is COc1cc(C2(C(=O)O)CC2)cc(O)c1O. The summed E-state index contributed by atoms with van der Waals surface area (Å²) in [5, 5.41) is 28.0. The summed E-state index contributed by atoms with van der Waals surface area (Å²) in [5.74, 6) is -1.56. The van der Waals surface area contributed by atoms with E-state index in [0.29, 0.717) is 18.4 Å². The molecule has 2 rings (SSSR count). The molecule has 0 unspecified atom stereocenters. The van der Waals surface area contributed by atoms with Crippen LogP contribution in [0.2, 0.25) is 0 Å². The Hall–Kier alpha value is -1.91. The fraction of sp³-hybridized carbons (Fsp3) is 0.364. The van der Waals surface area contributed by atoms with Gasteiger partial charge in [0, 0.05) is 0 Å². The maximum atomic E-state index is 11.1. The van der Waals surface area contributed by atoms with Crippen molar-refractivity contribution < 1.29 is 24.9 Å². The molecular weight excluding hydrogens is 212 g/mol. The van der Waals surface area contributed by atoms with Gasteiger partial charge in [0.25, 0.3) is 0 Å². The molecule has 5 nitrogen and oxygen atoms in total. The van der Waals surface area contributed by atoms with Crippen LogP contribution in [0.25, 0.3) is 0 Å². The largest absolute Gasteiger partial charge is 0.504 e. The molecule has 0 saturated heterocycles. The lowest BCUT2D eigenvalue weighted by Gasteiger charge is -2.13. The Kier molecular flexibility index (Phi) is 2.18. The number of rotatable bonds is 3. The van der Waals surface area contributed by atoms with Crippen molar-refractivity contribution in [2.45, 2.75) is 18.3 Å². The van der Waals surface area contributed by atoms with Crippen molar-refractivity contribution in [3.8, 4) is 17.2 Å². The molecule has 1 aliphatic carbocycles. The summed E-state index contributed by atoms with van der Waals surface area (Å²) in [6, 6.07) is 2.73. The lowest BCUT2D eigenvalue weighted by Crippen LogP contribution is -2.19. The highest BCUT2D eigenvalue weighted by atomic mass is 16.5. The van der Waals surface area contributed by atoms with E-state index in [1.54, 1.807) is 0 Å². The first-order valence-corrected chi connectivity index (χ1v) is 4.85. The highest BCUT2D eigenvalue weighted by molar-refractivity contribution is 5.85. The summed E-state index contributed by atoms with van der Waals surface area (Å²) in [7, 11) is 1.35. The van der Waals surface area contributed by atoms with Gasteiger partial charge in [-0.3, -0.25) is 4.79 Å². The van der Waals surface area contributed by atoms with E-state index in [0.717, 1.165) is 0 Å². The zero-order valence-electron chi connectivity index (χ0n) is 8.73. The lowest BCUT2D eigenvalue weighted by atomic mass is 9.95.